The number of hydrogen-bond acceptors (Lipinski definition) is 2. The van der Waals surface area contributed by atoms with E-state index in [2.05, 4.69) is 125 Å². The molecule has 3 heteroatoms. The van der Waals surface area contributed by atoms with Crippen LogP contribution in [-0.2, 0) is 5.41 Å². The molecule has 0 amide bonds. The highest BCUT2D eigenvalue weighted by Gasteiger charge is 2.37. The van der Waals surface area contributed by atoms with Gasteiger partial charge in [-0.25, -0.2) is 0 Å². The zero-order valence-corrected chi connectivity index (χ0v) is 26.1. The van der Waals surface area contributed by atoms with Crippen LogP contribution in [0.15, 0.2) is 54.7 Å². The minimum atomic E-state index is -1.27. The molecule has 0 aliphatic carbocycles. The maximum atomic E-state index is 3.77. The summed E-state index contributed by atoms with van der Waals surface area (Å²) in [4.78, 5) is 1.47. The lowest BCUT2D eigenvalue weighted by molar-refractivity contribution is 0.593. The van der Waals surface area contributed by atoms with Crippen molar-refractivity contribution in [1.82, 2.24) is 5.32 Å². The highest BCUT2D eigenvalue weighted by Crippen LogP contribution is 2.49. The topological polar surface area (TPSA) is 12.0 Å². The molecule has 2 atom stereocenters. The van der Waals surface area contributed by atoms with E-state index in [1.54, 1.807) is 11.1 Å². The van der Waals surface area contributed by atoms with Crippen molar-refractivity contribution in [2.75, 3.05) is 0 Å². The van der Waals surface area contributed by atoms with Crippen molar-refractivity contribution in [3.05, 3.63) is 87.4 Å². The van der Waals surface area contributed by atoms with Crippen molar-refractivity contribution in [3.63, 3.8) is 0 Å². The Bertz CT molecular complexity index is 1550. The van der Waals surface area contributed by atoms with Crippen molar-refractivity contribution >= 4 is 46.3 Å². The van der Waals surface area contributed by atoms with Gasteiger partial charge in [-0.1, -0.05) is 109 Å². The van der Waals surface area contributed by atoms with Gasteiger partial charge in [-0.2, -0.15) is 0 Å². The Morgan fingerprint density at radius 1 is 0.974 bits per heavy atom. The molecule has 1 N–H and O–H groups in total. The van der Waals surface area contributed by atoms with Crippen LogP contribution in [0.5, 0.6) is 0 Å². The average molecular weight is 538 g/mol. The standard InChI is InChI=1S/C35H43NSSi/c1-22(2)31-28(30-14-10-11-19-38(30,6)7)16-15-26-27-17-18-36-32(34(27)37-33(26)31)24-20-23-12-8-9-13-25(23)29(21-24)35(3,4)5/h8-9,12-13,15-18,20-22,30,32,36H,10-11,14,19H2,1-7H3. The van der Waals surface area contributed by atoms with Crippen LogP contribution in [0.3, 0.4) is 0 Å². The van der Waals surface area contributed by atoms with Gasteiger partial charge in [-0.3, -0.25) is 0 Å². The molecule has 0 radical (unpaired) electrons. The maximum Gasteiger partial charge on any atom is 0.0862 e. The van der Waals surface area contributed by atoms with E-state index < -0.39 is 8.07 Å². The predicted octanol–water partition coefficient (Wildman–Crippen LogP) is 10.7. The molecule has 1 saturated heterocycles. The molecule has 4 aromatic rings. The summed E-state index contributed by atoms with van der Waals surface area (Å²) in [6.45, 7) is 17.1. The second kappa shape index (κ2) is 9.38. The third-order valence-corrected chi connectivity index (χ3v) is 14.7. The molecular formula is C35H43NSSi. The van der Waals surface area contributed by atoms with Gasteiger partial charge < -0.3 is 5.32 Å². The van der Waals surface area contributed by atoms with Crippen LogP contribution in [-0.4, -0.2) is 8.07 Å². The van der Waals surface area contributed by atoms with Crippen molar-refractivity contribution in [1.29, 1.82) is 0 Å². The van der Waals surface area contributed by atoms with Gasteiger partial charge in [0.2, 0.25) is 0 Å². The fraction of sp³-hybridized carbons (Fsp3) is 0.429. The summed E-state index contributed by atoms with van der Waals surface area (Å²) in [5.41, 5.74) is 8.41. The summed E-state index contributed by atoms with van der Waals surface area (Å²) >= 11 is 2.06. The Kier molecular flexibility index (Phi) is 6.39. The van der Waals surface area contributed by atoms with Gasteiger partial charge >= 0.3 is 0 Å². The first-order valence-electron chi connectivity index (χ1n) is 14.6. The lowest BCUT2D eigenvalue weighted by atomic mass is 9.81. The van der Waals surface area contributed by atoms with Crippen molar-refractivity contribution < 1.29 is 0 Å². The summed E-state index contributed by atoms with van der Waals surface area (Å²) in [7, 11) is -1.27. The molecule has 198 valence electrons. The highest BCUT2D eigenvalue weighted by atomic mass is 32.1. The van der Waals surface area contributed by atoms with E-state index in [0.29, 0.717) is 5.92 Å². The van der Waals surface area contributed by atoms with Crippen LogP contribution in [0.2, 0.25) is 19.1 Å². The summed E-state index contributed by atoms with van der Waals surface area (Å²) in [5.74, 6) is 0.532. The minimum absolute atomic E-state index is 0.0829. The van der Waals surface area contributed by atoms with Gasteiger partial charge in [-0.15, -0.1) is 11.3 Å². The quantitative estimate of drug-likeness (QED) is 0.256. The lowest BCUT2D eigenvalue weighted by Crippen LogP contribution is -2.38. The number of fused-ring (bicyclic) bond motifs is 4. The molecule has 3 heterocycles. The summed E-state index contributed by atoms with van der Waals surface area (Å²) in [6.07, 6.45) is 8.71. The Hall–Kier alpha value is -2.36. The number of rotatable bonds is 3. The summed E-state index contributed by atoms with van der Waals surface area (Å²) < 4.78 is 1.54. The van der Waals surface area contributed by atoms with Gasteiger partial charge in [0.05, 0.1) is 14.1 Å². The second-order valence-electron chi connectivity index (χ2n) is 13.7. The Morgan fingerprint density at radius 3 is 2.50 bits per heavy atom. The van der Waals surface area contributed by atoms with Gasteiger partial charge in [-0.05, 0) is 74.7 Å². The fourth-order valence-corrected chi connectivity index (χ4v) is 12.4. The highest BCUT2D eigenvalue weighted by molar-refractivity contribution is 7.19. The van der Waals surface area contributed by atoms with E-state index in [9.17, 15) is 0 Å². The SMILES string of the molecule is CC(C)c1c(C2CCCC[Si]2(C)C)ccc2c3c(sc12)C(c1cc(C(C)(C)C)c2ccccc2c1)NC=C3. The molecule has 2 unspecified atom stereocenters. The van der Waals surface area contributed by atoms with Gasteiger partial charge in [0, 0.05) is 20.5 Å². The minimum Gasteiger partial charge on any atom is -0.379 e. The van der Waals surface area contributed by atoms with Crippen LogP contribution in [0.1, 0.15) is 104 Å². The molecule has 3 aromatic carbocycles. The smallest absolute Gasteiger partial charge is 0.0862 e. The molecule has 0 saturated carbocycles. The predicted molar refractivity (Wildman–Crippen MR) is 171 cm³/mol. The first-order valence-corrected chi connectivity index (χ1v) is 18.7. The monoisotopic (exact) mass is 537 g/mol. The number of hydrogen-bond donors (Lipinski definition) is 1. The molecule has 1 fully saturated rings. The van der Waals surface area contributed by atoms with Crippen LogP contribution in [0, 0.1) is 0 Å². The largest absolute Gasteiger partial charge is 0.379 e. The third kappa shape index (κ3) is 4.27. The first-order chi connectivity index (χ1) is 18.1. The maximum absolute atomic E-state index is 3.77. The van der Waals surface area contributed by atoms with Gasteiger partial charge in [0.15, 0.2) is 0 Å². The Labute approximate surface area is 234 Å². The van der Waals surface area contributed by atoms with E-state index in [-0.39, 0.29) is 11.5 Å². The molecule has 2 aliphatic heterocycles. The van der Waals surface area contributed by atoms with Crippen LogP contribution < -0.4 is 5.32 Å². The van der Waals surface area contributed by atoms with E-state index in [1.165, 1.54) is 67.7 Å². The molecule has 0 bridgehead atoms. The number of benzene rings is 3. The number of nitrogens with one attached hydrogen (secondary N) is 1. The van der Waals surface area contributed by atoms with E-state index in [1.807, 2.05) is 0 Å². The molecular weight excluding hydrogens is 495 g/mol. The normalized spacial score (nSPS) is 21.2. The zero-order chi connectivity index (χ0) is 26.8. The van der Waals surface area contributed by atoms with E-state index in [0.717, 1.165) is 5.54 Å². The van der Waals surface area contributed by atoms with Crippen molar-refractivity contribution in [3.8, 4) is 0 Å². The van der Waals surface area contributed by atoms with Crippen molar-refractivity contribution in [2.24, 2.45) is 0 Å². The Balaban J connectivity index is 1.54. The molecule has 6 rings (SSSR count). The van der Waals surface area contributed by atoms with Gasteiger partial charge in [0.25, 0.3) is 0 Å². The second-order valence-corrected chi connectivity index (χ2v) is 20.0. The van der Waals surface area contributed by atoms with Crippen LogP contribution >= 0.6 is 11.3 Å². The van der Waals surface area contributed by atoms with Crippen LogP contribution in [0.25, 0.3) is 26.9 Å². The molecule has 1 aromatic heterocycles. The van der Waals surface area contributed by atoms with E-state index >= 15 is 0 Å². The lowest BCUT2D eigenvalue weighted by Gasteiger charge is -2.39. The van der Waals surface area contributed by atoms with Gasteiger partial charge in [0.1, 0.15) is 0 Å². The summed E-state index contributed by atoms with van der Waals surface area (Å²) in [5, 5.41) is 7.93. The number of thiophene rings is 1. The molecule has 38 heavy (non-hydrogen) atoms. The zero-order valence-electron chi connectivity index (χ0n) is 24.2. The fourth-order valence-electron chi connectivity index (χ4n) is 7.26. The summed E-state index contributed by atoms with van der Waals surface area (Å²) in [6, 6.07) is 20.5. The average Bonchev–Trinajstić information content (AvgIpc) is 3.25. The van der Waals surface area contributed by atoms with Crippen molar-refractivity contribution in [2.45, 2.75) is 95.9 Å². The third-order valence-electron chi connectivity index (χ3n) is 9.26. The molecule has 1 nitrogen and oxygen atoms in total. The first kappa shape index (κ1) is 25.9. The van der Waals surface area contributed by atoms with Crippen LogP contribution in [0.4, 0.5) is 0 Å². The Morgan fingerprint density at radius 2 is 1.76 bits per heavy atom. The molecule has 2 aliphatic rings. The molecule has 0 spiro atoms. The van der Waals surface area contributed by atoms with E-state index in [4.69, 9.17) is 0 Å².